The molecule has 1 aromatic carbocycles. The van der Waals surface area contributed by atoms with Crippen molar-refractivity contribution in [1.82, 2.24) is 20.1 Å². The fourth-order valence-corrected chi connectivity index (χ4v) is 5.03. The van der Waals surface area contributed by atoms with Crippen LogP contribution in [0.2, 0.25) is 0 Å². The van der Waals surface area contributed by atoms with Crippen molar-refractivity contribution in [2.75, 3.05) is 41.3 Å². The number of aromatic nitrogens is 3. The van der Waals surface area contributed by atoms with Crippen LogP contribution in [0.4, 0.5) is 35.2 Å². The number of anilines is 3. The third-order valence-corrected chi connectivity index (χ3v) is 7.06. The van der Waals surface area contributed by atoms with Crippen molar-refractivity contribution in [3.8, 4) is 6.07 Å². The van der Waals surface area contributed by atoms with Gasteiger partial charge in [-0.3, -0.25) is 9.58 Å². The van der Waals surface area contributed by atoms with Gasteiger partial charge in [0.1, 0.15) is 11.9 Å². The fraction of sp³-hybridized carbons (Fsp3) is 0.400. The normalized spacial score (nSPS) is 17.3. The van der Waals surface area contributed by atoms with Gasteiger partial charge in [0.15, 0.2) is 0 Å². The Morgan fingerprint density at radius 1 is 1.23 bits per heavy atom. The number of rotatable bonds is 2. The van der Waals surface area contributed by atoms with Crippen LogP contribution in [-0.2, 0) is 18.3 Å². The third-order valence-electron chi connectivity index (χ3n) is 7.06. The zero-order valence-corrected chi connectivity index (χ0v) is 20.9. The highest BCUT2D eigenvalue weighted by Gasteiger charge is 2.46. The number of carbonyl (C=O) groups is 2. The second kappa shape index (κ2) is 9.73. The molecule has 0 bridgehead atoms. The molecule has 3 N–H and O–H groups in total. The Bertz CT molecular complexity index is 1490. The maximum absolute atomic E-state index is 13.2. The summed E-state index contributed by atoms with van der Waals surface area (Å²) in [5.74, 6) is -2.04. The van der Waals surface area contributed by atoms with Crippen molar-refractivity contribution in [3.05, 3.63) is 41.7 Å². The second-order valence-corrected chi connectivity index (χ2v) is 9.73. The highest BCUT2D eigenvalue weighted by atomic mass is 19.4. The number of alkyl halides is 3. The molecule has 2 amide bonds. The summed E-state index contributed by atoms with van der Waals surface area (Å²) in [5.41, 5.74) is 4.23. The molecule has 14 heteroatoms. The SMILES string of the molecule is Cn1cc2c(C#N)c(NC(=O)N3CCc4c(N5CCNC6(CC6)C5)ccnc43)ccc2n1.O=C(O)C(F)(F)F. The van der Waals surface area contributed by atoms with E-state index in [-0.39, 0.29) is 11.6 Å². The van der Waals surface area contributed by atoms with Gasteiger partial charge >= 0.3 is 18.2 Å². The summed E-state index contributed by atoms with van der Waals surface area (Å²) in [6.07, 6.45) is 1.74. The van der Waals surface area contributed by atoms with E-state index in [2.05, 4.69) is 37.8 Å². The third kappa shape index (κ3) is 5.17. The lowest BCUT2D eigenvalue weighted by Gasteiger charge is -2.36. The number of nitrogens with zero attached hydrogens (tertiary/aromatic N) is 6. The van der Waals surface area contributed by atoms with Crippen LogP contribution in [-0.4, -0.2) is 69.8 Å². The molecule has 1 saturated heterocycles. The zero-order valence-electron chi connectivity index (χ0n) is 20.9. The number of amides is 2. The molecule has 0 radical (unpaired) electrons. The van der Waals surface area contributed by atoms with Crippen molar-refractivity contribution in [2.24, 2.45) is 7.05 Å². The molecule has 2 fully saturated rings. The van der Waals surface area contributed by atoms with E-state index < -0.39 is 12.1 Å². The maximum atomic E-state index is 13.2. The number of halogens is 3. The molecule has 0 atom stereocenters. The number of fused-ring (bicyclic) bond motifs is 2. The number of pyridine rings is 1. The Balaban J connectivity index is 0.000000392. The highest BCUT2D eigenvalue weighted by molar-refractivity contribution is 6.05. The Morgan fingerprint density at radius 2 is 1.97 bits per heavy atom. The first kappa shape index (κ1) is 26.2. The van der Waals surface area contributed by atoms with Gasteiger partial charge in [0.25, 0.3) is 0 Å². The van der Waals surface area contributed by atoms with Crippen LogP contribution in [0, 0.1) is 11.3 Å². The van der Waals surface area contributed by atoms with Crippen molar-refractivity contribution >= 4 is 40.1 Å². The van der Waals surface area contributed by atoms with E-state index in [1.165, 1.54) is 18.5 Å². The number of piperazine rings is 1. The largest absolute Gasteiger partial charge is 0.490 e. The maximum Gasteiger partial charge on any atom is 0.490 e. The van der Waals surface area contributed by atoms with Gasteiger partial charge in [-0.15, -0.1) is 0 Å². The Labute approximate surface area is 220 Å². The second-order valence-electron chi connectivity index (χ2n) is 9.73. The molecule has 1 saturated carbocycles. The molecule has 0 unspecified atom stereocenters. The lowest BCUT2D eigenvalue weighted by molar-refractivity contribution is -0.192. The van der Waals surface area contributed by atoms with E-state index in [1.807, 2.05) is 13.1 Å². The number of urea groups is 1. The quantitative estimate of drug-likeness (QED) is 0.449. The molecule has 3 aliphatic rings. The smallest absolute Gasteiger partial charge is 0.475 e. The van der Waals surface area contributed by atoms with Crippen molar-refractivity contribution in [2.45, 2.75) is 31.0 Å². The Kier molecular flexibility index (Phi) is 6.55. The van der Waals surface area contributed by atoms with Crippen LogP contribution in [0.5, 0.6) is 0 Å². The van der Waals surface area contributed by atoms with Gasteiger partial charge in [-0.25, -0.2) is 14.6 Å². The molecule has 4 heterocycles. The Hall–Kier alpha value is -4.38. The average Bonchev–Trinajstić information content (AvgIpc) is 3.30. The number of carboxylic acid groups (broad SMARTS) is 1. The van der Waals surface area contributed by atoms with Gasteiger partial charge < -0.3 is 20.6 Å². The average molecular weight is 543 g/mol. The minimum Gasteiger partial charge on any atom is -0.475 e. The lowest BCUT2D eigenvalue weighted by atomic mass is 10.1. The van der Waals surface area contributed by atoms with E-state index in [4.69, 9.17) is 9.90 Å². The zero-order chi connectivity index (χ0) is 27.9. The number of aliphatic carboxylic acids is 1. The van der Waals surface area contributed by atoms with Crippen LogP contribution in [0.25, 0.3) is 10.9 Å². The van der Waals surface area contributed by atoms with Gasteiger partial charge in [0.05, 0.1) is 16.8 Å². The van der Waals surface area contributed by atoms with Crippen molar-refractivity contribution in [3.63, 3.8) is 0 Å². The van der Waals surface area contributed by atoms with E-state index in [1.54, 1.807) is 28.0 Å². The molecule has 204 valence electrons. The van der Waals surface area contributed by atoms with Gasteiger partial charge in [-0.05, 0) is 37.5 Å². The summed E-state index contributed by atoms with van der Waals surface area (Å²) < 4.78 is 33.4. The monoisotopic (exact) mass is 542 g/mol. The fourth-order valence-electron chi connectivity index (χ4n) is 5.03. The number of carboxylic acids is 1. The number of benzene rings is 1. The molecular formula is C25H25F3N8O3. The minimum absolute atomic E-state index is 0.271. The molecule has 1 spiro atoms. The number of aryl methyl sites for hydroxylation is 1. The van der Waals surface area contributed by atoms with Gasteiger partial charge in [-0.2, -0.15) is 23.5 Å². The van der Waals surface area contributed by atoms with E-state index in [0.29, 0.717) is 23.6 Å². The van der Waals surface area contributed by atoms with E-state index in [9.17, 15) is 23.2 Å². The first-order valence-corrected chi connectivity index (χ1v) is 12.2. The first-order valence-electron chi connectivity index (χ1n) is 12.2. The molecule has 2 aromatic heterocycles. The summed E-state index contributed by atoms with van der Waals surface area (Å²) in [6, 6.07) is 7.58. The standard InChI is InChI=1S/C23H24N8O.C2HF3O2/c1-29-13-17-16(12-24)18(2-3-19(17)28-29)27-22(32)31-10-5-15-20(4-8-25-21(15)31)30-11-9-26-23(14-30)6-7-23;3-2(4,5)1(6)7/h2-4,8,13,26H,5-7,9-11,14H2,1H3,(H,27,32);(H,6,7). The van der Waals surface area contributed by atoms with Crippen molar-refractivity contribution in [1.29, 1.82) is 5.26 Å². The summed E-state index contributed by atoms with van der Waals surface area (Å²) >= 11 is 0. The number of hydrogen-bond acceptors (Lipinski definition) is 7. The minimum atomic E-state index is -5.08. The van der Waals surface area contributed by atoms with Crippen LogP contribution in [0.1, 0.15) is 24.0 Å². The van der Waals surface area contributed by atoms with Crippen LogP contribution in [0.15, 0.2) is 30.6 Å². The summed E-state index contributed by atoms with van der Waals surface area (Å²) in [5, 5.41) is 28.5. The van der Waals surface area contributed by atoms with Gasteiger partial charge in [0, 0.05) is 67.8 Å². The molecule has 6 rings (SSSR count). The lowest BCUT2D eigenvalue weighted by Crippen LogP contribution is -2.52. The van der Waals surface area contributed by atoms with Gasteiger partial charge in [-0.1, -0.05) is 0 Å². The summed E-state index contributed by atoms with van der Waals surface area (Å²) in [6.45, 7) is 3.52. The first-order chi connectivity index (χ1) is 18.5. The number of hydrogen-bond donors (Lipinski definition) is 3. The molecule has 11 nitrogen and oxygen atoms in total. The summed E-state index contributed by atoms with van der Waals surface area (Å²) in [4.78, 5) is 30.8. The van der Waals surface area contributed by atoms with Crippen LogP contribution in [0.3, 0.4) is 0 Å². The van der Waals surface area contributed by atoms with Crippen LogP contribution >= 0.6 is 0 Å². The molecule has 3 aromatic rings. The molecular weight excluding hydrogens is 517 g/mol. The number of nitrogens with one attached hydrogen (secondary N) is 2. The van der Waals surface area contributed by atoms with E-state index >= 15 is 0 Å². The molecule has 39 heavy (non-hydrogen) atoms. The predicted octanol–water partition coefficient (Wildman–Crippen LogP) is 3.01. The molecule has 2 aliphatic heterocycles. The number of carbonyl (C=O) groups excluding carboxylic acids is 1. The topological polar surface area (TPSA) is 139 Å². The van der Waals surface area contributed by atoms with Crippen LogP contribution < -0.4 is 20.4 Å². The predicted molar refractivity (Wildman–Crippen MR) is 136 cm³/mol. The van der Waals surface area contributed by atoms with Gasteiger partial charge in [0.2, 0.25) is 0 Å². The molecule has 1 aliphatic carbocycles. The summed E-state index contributed by atoms with van der Waals surface area (Å²) in [7, 11) is 1.81. The van der Waals surface area contributed by atoms with E-state index in [0.717, 1.165) is 42.5 Å². The Morgan fingerprint density at radius 3 is 2.64 bits per heavy atom. The number of nitriles is 1. The van der Waals surface area contributed by atoms with Crippen molar-refractivity contribution < 1.29 is 27.9 Å². The highest BCUT2D eigenvalue weighted by Crippen LogP contribution is 2.41.